The second-order valence-electron chi connectivity index (χ2n) is 4.50. The molecule has 4 nitrogen and oxygen atoms in total. The van der Waals surface area contributed by atoms with E-state index in [4.69, 9.17) is 15.2 Å². The molecule has 1 aromatic carbocycles. The maximum atomic E-state index is 5.90. The van der Waals surface area contributed by atoms with Crippen LogP contribution in [0.25, 0.3) is 0 Å². The number of likely N-dealkylation sites (tertiary alicyclic amines) is 1. The topological polar surface area (TPSA) is 47.7 Å². The Kier molecular flexibility index (Phi) is 3.86. The highest BCUT2D eigenvalue weighted by Crippen LogP contribution is 2.24. The summed E-state index contributed by atoms with van der Waals surface area (Å²) in [6.45, 7) is 2.95. The van der Waals surface area contributed by atoms with E-state index >= 15 is 0 Å². The quantitative estimate of drug-likeness (QED) is 0.854. The van der Waals surface area contributed by atoms with Crippen molar-refractivity contribution in [3.8, 4) is 11.5 Å². The van der Waals surface area contributed by atoms with Crippen LogP contribution >= 0.6 is 0 Å². The second kappa shape index (κ2) is 5.38. The highest BCUT2D eigenvalue weighted by Gasteiger charge is 2.19. The van der Waals surface area contributed by atoms with Gasteiger partial charge in [-0.25, -0.2) is 0 Å². The summed E-state index contributed by atoms with van der Waals surface area (Å²) >= 11 is 0. The lowest BCUT2D eigenvalue weighted by Crippen LogP contribution is -2.26. The molecule has 17 heavy (non-hydrogen) atoms. The molecule has 0 aromatic heterocycles. The number of rotatable bonds is 4. The van der Waals surface area contributed by atoms with Crippen LogP contribution in [0.3, 0.4) is 0 Å². The minimum absolute atomic E-state index is 0.322. The first kappa shape index (κ1) is 12.2. The Labute approximate surface area is 102 Å². The monoisotopic (exact) mass is 236 g/mol. The van der Waals surface area contributed by atoms with E-state index in [9.17, 15) is 0 Å². The van der Waals surface area contributed by atoms with E-state index in [1.807, 2.05) is 18.2 Å². The van der Waals surface area contributed by atoms with Crippen LogP contribution in [0.2, 0.25) is 0 Å². The lowest BCUT2D eigenvalue weighted by molar-refractivity contribution is 0.324. The summed E-state index contributed by atoms with van der Waals surface area (Å²) < 4.78 is 10.5. The Hall–Kier alpha value is -1.26. The van der Waals surface area contributed by atoms with Crippen LogP contribution in [-0.2, 0) is 6.54 Å². The molecule has 1 heterocycles. The molecule has 1 aliphatic rings. The van der Waals surface area contributed by atoms with Gasteiger partial charge in [0.25, 0.3) is 0 Å². The van der Waals surface area contributed by atoms with Crippen molar-refractivity contribution in [2.45, 2.75) is 19.0 Å². The Morgan fingerprint density at radius 3 is 2.35 bits per heavy atom. The van der Waals surface area contributed by atoms with E-state index in [1.54, 1.807) is 14.2 Å². The van der Waals surface area contributed by atoms with Crippen molar-refractivity contribution in [1.29, 1.82) is 0 Å². The first-order valence-electron chi connectivity index (χ1n) is 5.91. The zero-order valence-electron chi connectivity index (χ0n) is 10.5. The summed E-state index contributed by atoms with van der Waals surface area (Å²) in [6.07, 6.45) is 1.08. The van der Waals surface area contributed by atoms with Crippen LogP contribution in [0.1, 0.15) is 12.0 Å². The average Bonchev–Trinajstić information content (AvgIpc) is 2.74. The zero-order chi connectivity index (χ0) is 12.3. The molecule has 94 valence electrons. The molecule has 0 radical (unpaired) electrons. The van der Waals surface area contributed by atoms with E-state index in [0.717, 1.165) is 37.6 Å². The van der Waals surface area contributed by atoms with Crippen LogP contribution < -0.4 is 15.2 Å². The summed E-state index contributed by atoms with van der Waals surface area (Å²) in [7, 11) is 3.34. The molecule has 2 N–H and O–H groups in total. The lowest BCUT2D eigenvalue weighted by atomic mass is 10.2. The van der Waals surface area contributed by atoms with Crippen LogP contribution in [0.4, 0.5) is 0 Å². The third kappa shape index (κ3) is 3.11. The summed E-state index contributed by atoms with van der Waals surface area (Å²) in [5.74, 6) is 1.67. The molecule has 2 rings (SSSR count). The molecule has 1 saturated heterocycles. The third-order valence-electron chi connectivity index (χ3n) is 3.13. The minimum Gasteiger partial charge on any atom is -0.497 e. The standard InChI is InChI=1S/C13H20N2O2/c1-16-12-5-10(6-13(7-12)17-2)8-15-4-3-11(14)9-15/h5-7,11H,3-4,8-9,14H2,1-2H3. The number of hydrogen-bond donors (Lipinski definition) is 1. The van der Waals surface area contributed by atoms with Crippen molar-refractivity contribution < 1.29 is 9.47 Å². The fourth-order valence-corrected chi connectivity index (χ4v) is 2.22. The minimum atomic E-state index is 0.322. The molecule has 1 aliphatic heterocycles. The van der Waals surface area contributed by atoms with Crippen LogP contribution in [0.15, 0.2) is 18.2 Å². The molecule has 0 amide bonds. The zero-order valence-corrected chi connectivity index (χ0v) is 10.5. The lowest BCUT2D eigenvalue weighted by Gasteiger charge is -2.16. The normalized spacial score (nSPS) is 20.5. The maximum absolute atomic E-state index is 5.90. The van der Waals surface area contributed by atoms with Gasteiger partial charge in [0, 0.05) is 31.7 Å². The van der Waals surface area contributed by atoms with Gasteiger partial charge in [0.15, 0.2) is 0 Å². The molecule has 4 heteroatoms. The van der Waals surface area contributed by atoms with Gasteiger partial charge < -0.3 is 15.2 Å². The largest absolute Gasteiger partial charge is 0.497 e. The summed E-state index contributed by atoms with van der Waals surface area (Å²) in [5.41, 5.74) is 7.10. The van der Waals surface area contributed by atoms with E-state index < -0.39 is 0 Å². The van der Waals surface area contributed by atoms with Gasteiger partial charge in [0.2, 0.25) is 0 Å². The highest BCUT2D eigenvalue weighted by atomic mass is 16.5. The van der Waals surface area contributed by atoms with Crippen LogP contribution in [0, 0.1) is 0 Å². The van der Waals surface area contributed by atoms with Crippen LogP contribution in [-0.4, -0.2) is 38.3 Å². The van der Waals surface area contributed by atoms with Crippen molar-refractivity contribution >= 4 is 0 Å². The summed E-state index contributed by atoms with van der Waals surface area (Å²) in [4.78, 5) is 2.36. The molecule has 0 aliphatic carbocycles. The van der Waals surface area contributed by atoms with Gasteiger partial charge >= 0.3 is 0 Å². The van der Waals surface area contributed by atoms with Crippen molar-refractivity contribution in [2.75, 3.05) is 27.3 Å². The predicted octanol–water partition coefficient (Wildman–Crippen LogP) is 1.24. The fourth-order valence-electron chi connectivity index (χ4n) is 2.22. The highest BCUT2D eigenvalue weighted by molar-refractivity contribution is 5.38. The third-order valence-corrected chi connectivity index (χ3v) is 3.13. The number of nitrogens with zero attached hydrogens (tertiary/aromatic N) is 1. The second-order valence-corrected chi connectivity index (χ2v) is 4.50. The molecule has 0 saturated carbocycles. The summed E-state index contributed by atoms with van der Waals surface area (Å²) in [5, 5.41) is 0. The maximum Gasteiger partial charge on any atom is 0.122 e. The molecule has 1 fully saturated rings. The van der Waals surface area contributed by atoms with E-state index in [0.29, 0.717) is 6.04 Å². The van der Waals surface area contributed by atoms with Crippen molar-refractivity contribution in [3.63, 3.8) is 0 Å². The molecule has 1 atom stereocenters. The molecule has 0 bridgehead atoms. The number of ether oxygens (including phenoxy) is 2. The molecular formula is C13H20N2O2. The van der Waals surface area contributed by atoms with Gasteiger partial charge in [-0.2, -0.15) is 0 Å². The van der Waals surface area contributed by atoms with Crippen molar-refractivity contribution in [2.24, 2.45) is 5.73 Å². The fraction of sp³-hybridized carbons (Fsp3) is 0.538. The Balaban J connectivity index is 2.09. The van der Waals surface area contributed by atoms with Crippen LogP contribution in [0.5, 0.6) is 11.5 Å². The SMILES string of the molecule is COc1cc(CN2CCC(N)C2)cc(OC)c1. The van der Waals surface area contributed by atoms with Gasteiger partial charge in [-0.1, -0.05) is 0 Å². The molecular weight excluding hydrogens is 216 g/mol. The van der Waals surface area contributed by atoms with E-state index in [2.05, 4.69) is 4.90 Å². The molecule has 0 spiro atoms. The predicted molar refractivity (Wildman–Crippen MR) is 67.4 cm³/mol. The first-order valence-corrected chi connectivity index (χ1v) is 5.91. The Morgan fingerprint density at radius 2 is 1.88 bits per heavy atom. The smallest absolute Gasteiger partial charge is 0.122 e. The van der Waals surface area contributed by atoms with Gasteiger partial charge in [0.1, 0.15) is 11.5 Å². The average molecular weight is 236 g/mol. The number of benzene rings is 1. The van der Waals surface area contributed by atoms with Gasteiger partial charge in [-0.05, 0) is 24.1 Å². The van der Waals surface area contributed by atoms with Crippen molar-refractivity contribution in [3.05, 3.63) is 23.8 Å². The molecule has 1 unspecified atom stereocenters. The molecule has 1 aromatic rings. The van der Waals surface area contributed by atoms with Crippen molar-refractivity contribution in [1.82, 2.24) is 4.90 Å². The van der Waals surface area contributed by atoms with Gasteiger partial charge in [-0.15, -0.1) is 0 Å². The number of nitrogens with two attached hydrogens (primary N) is 1. The number of hydrogen-bond acceptors (Lipinski definition) is 4. The van der Waals surface area contributed by atoms with Gasteiger partial charge in [0.05, 0.1) is 14.2 Å². The number of methoxy groups -OCH3 is 2. The van der Waals surface area contributed by atoms with E-state index in [1.165, 1.54) is 5.56 Å². The Bertz CT molecular complexity index is 359. The first-order chi connectivity index (χ1) is 8.21. The Morgan fingerprint density at radius 1 is 1.24 bits per heavy atom. The summed E-state index contributed by atoms with van der Waals surface area (Å²) in [6, 6.07) is 6.31. The van der Waals surface area contributed by atoms with E-state index in [-0.39, 0.29) is 0 Å². The van der Waals surface area contributed by atoms with Gasteiger partial charge in [-0.3, -0.25) is 4.90 Å².